The third kappa shape index (κ3) is 6.24. The molecule has 0 saturated carbocycles. The first kappa shape index (κ1) is 17.7. The summed E-state index contributed by atoms with van der Waals surface area (Å²) in [5.41, 5.74) is 3.98. The zero-order chi connectivity index (χ0) is 17.4. The van der Waals surface area contributed by atoms with Crippen molar-refractivity contribution in [3.8, 4) is 0 Å². The van der Waals surface area contributed by atoms with Crippen LogP contribution in [-0.4, -0.2) is 17.0 Å². The molecule has 0 atom stereocenters. The summed E-state index contributed by atoms with van der Waals surface area (Å²) in [5.74, 6) is -0.870. The maximum atomic E-state index is 11.9. The second-order valence-electron chi connectivity index (χ2n) is 6.01. The summed E-state index contributed by atoms with van der Waals surface area (Å²) in [6.07, 6.45) is 3.29. The van der Waals surface area contributed by atoms with Gasteiger partial charge in [0.15, 0.2) is 0 Å². The molecule has 0 unspecified atom stereocenters. The molecule has 2 rings (SSSR count). The van der Waals surface area contributed by atoms with Crippen molar-refractivity contribution in [2.45, 2.75) is 39.0 Å². The van der Waals surface area contributed by atoms with Crippen molar-refractivity contribution < 1.29 is 14.7 Å². The molecular weight excluding hydrogens is 302 g/mol. The number of carboxylic acid groups (broad SMARTS) is 1. The number of aliphatic carboxylic acids is 1. The quantitative estimate of drug-likeness (QED) is 0.722. The van der Waals surface area contributed by atoms with Crippen LogP contribution in [0.4, 0.5) is 5.69 Å². The van der Waals surface area contributed by atoms with Gasteiger partial charge in [0.25, 0.3) is 0 Å². The lowest BCUT2D eigenvalue weighted by atomic mass is 10.1. The van der Waals surface area contributed by atoms with Gasteiger partial charge in [0.05, 0.1) is 6.42 Å². The summed E-state index contributed by atoms with van der Waals surface area (Å²) in [6, 6.07) is 15.4. The fourth-order valence-electron chi connectivity index (χ4n) is 2.47. The standard InChI is InChI=1S/C20H23NO3/c1-15-6-8-16(9-7-15)4-2-3-5-19(22)21-18-12-10-17(11-13-18)14-20(23)24/h6-13H,2-5,14H2,1H3,(H,21,22)(H,23,24). The molecule has 0 bridgehead atoms. The van der Waals surface area contributed by atoms with Gasteiger partial charge in [0, 0.05) is 12.1 Å². The monoisotopic (exact) mass is 325 g/mol. The van der Waals surface area contributed by atoms with Crippen LogP contribution in [0, 0.1) is 6.92 Å². The number of benzene rings is 2. The molecule has 2 N–H and O–H groups in total. The Labute approximate surface area is 142 Å². The molecule has 0 radical (unpaired) electrons. The lowest BCUT2D eigenvalue weighted by Gasteiger charge is -2.06. The van der Waals surface area contributed by atoms with Crippen LogP contribution in [0.1, 0.15) is 36.0 Å². The van der Waals surface area contributed by atoms with Gasteiger partial charge in [0.1, 0.15) is 0 Å². The fourth-order valence-corrected chi connectivity index (χ4v) is 2.47. The summed E-state index contributed by atoms with van der Waals surface area (Å²) < 4.78 is 0. The van der Waals surface area contributed by atoms with Crippen LogP contribution < -0.4 is 5.32 Å². The number of hydrogen-bond donors (Lipinski definition) is 2. The van der Waals surface area contributed by atoms with Crippen molar-refractivity contribution >= 4 is 17.6 Å². The van der Waals surface area contributed by atoms with Crippen molar-refractivity contribution in [1.29, 1.82) is 0 Å². The van der Waals surface area contributed by atoms with Gasteiger partial charge in [-0.05, 0) is 49.4 Å². The van der Waals surface area contributed by atoms with E-state index < -0.39 is 5.97 Å². The highest BCUT2D eigenvalue weighted by atomic mass is 16.4. The van der Waals surface area contributed by atoms with Gasteiger partial charge in [-0.2, -0.15) is 0 Å². The zero-order valence-electron chi connectivity index (χ0n) is 13.9. The first-order valence-corrected chi connectivity index (χ1v) is 8.19. The zero-order valence-corrected chi connectivity index (χ0v) is 13.9. The van der Waals surface area contributed by atoms with Gasteiger partial charge in [-0.3, -0.25) is 9.59 Å². The van der Waals surface area contributed by atoms with E-state index >= 15 is 0 Å². The second kappa shape index (κ2) is 8.87. The third-order valence-electron chi connectivity index (χ3n) is 3.83. The Morgan fingerprint density at radius 2 is 1.54 bits per heavy atom. The van der Waals surface area contributed by atoms with E-state index in [2.05, 4.69) is 36.5 Å². The lowest BCUT2D eigenvalue weighted by Crippen LogP contribution is -2.11. The molecule has 0 fully saturated rings. The van der Waals surface area contributed by atoms with E-state index in [0.29, 0.717) is 12.1 Å². The highest BCUT2D eigenvalue weighted by molar-refractivity contribution is 5.90. The number of carbonyl (C=O) groups is 2. The predicted molar refractivity (Wildman–Crippen MR) is 95.1 cm³/mol. The highest BCUT2D eigenvalue weighted by Crippen LogP contribution is 2.12. The second-order valence-corrected chi connectivity index (χ2v) is 6.01. The molecule has 0 spiro atoms. The topological polar surface area (TPSA) is 66.4 Å². The Hall–Kier alpha value is -2.62. The maximum Gasteiger partial charge on any atom is 0.307 e. The van der Waals surface area contributed by atoms with Crippen LogP contribution in [0.15, 0.2) is 48.5 Å². The Bertz CT molecular complexity index is 675. The largest absolute Gasteiger partial charge is 0.481 e. The summed E-state index contributed by atoms with van der Waals surface area (Å²) in [7, 11) is 0. The molecule has 0 heterocycles. The van der Waals surface area contributed by atoms with Gasteiger partial charge < -0.3 is 10.4 Å². The number of carbonyl (C=O) groups excluding carboxylic acids is 1. The van der Waals surface area contributed by atoms with Crippen molar-refractivity contribution in [2.75, 3.05) is 5.32 Å². The first-order valence-electron chi connectivity index (χ1n) is 8.19. The third-order valence-corrected chi connectivity index (χ3v) is 3.83. The molecule has 24 heavy (non-hydrogen) atoms. The number of carboxylic acids is 1. The SMILES string of the molecule is Cc1ccc(CCCCC(=O)Nc2ccc(CC(=O)O)cc2)cc1. The average Bonchev–Trinajstić information content (AvgIpc) is 2.55. The highest BCUT2D eigenvalue weighted by Gasteiger charge is 2.04. The average molecular weight is 325 g/mol. The summed E-state index contributed by atoms with van der Waals surface area (Å²) >= 11 is 0. The van der Waals surface area contributed by atoms with Crippen molar-refractivity contribution in [3.63, 3.8) is 0 Å². The molecule has 1 amide bonds. The number of amides is 1. The van der Waals surface area contributed by atoms with E-state index in [-0.39, 0.29) is 12.3 Å². The van der Waals surface area contributed by atoms with Gasteiger partial charge in [0.2, 0.25) is 5.91 Å². The number of anilines is 1. The summed E-state index contributed by atoms with van der Waals surface area (Å²) in [5, 5.41) is 11.6. The van der Waals surface area contributed by atoms with Crippen LogP contribution in [0.3, 0.4) is 0 Å². The van der Waals surface area contributed by atoms with Gasteiger partial charge in [-0.1, -0.05) is 42.0 Å². The normalized spacial score (nSPS) is 10.4. The minimum atomic E-state index is -0.861. The van der Waals surface area contributed by atoms with Crippen molar-refractivity contribution in [2.24, 2.45) is 0 Å². The molecule has 0 saturated heterocycles. The smallest absolute Gasteiger partial charge is 0.307 e. The number of hydrogen-bond acceptors (Lipinski definition) is 2. The van der Waals surface area contributed by atoms with E-state index in [1.54, 1.807) is 24.3 Å². The fraction of sp³-hybridized carbons (Fsp3) is 0.300. The molecule has 2 aromatic rings. The molecule has 126 valence electrons. The Balaban J connectivity index is 1.69. The van der Waals surface area contributed by atoms with E-state index in [4.69, 9.17) is 5.11 Å². The van der Waals surface area contributed by atoms with Gasteiger partial charge >= 0.3 is 5.97 Å². The van der Waals surface area contributed by atoms with Crippen molar-refractivity contribution in [3.05, 3.63) is 65.2 Å². The number of unbranched alkanes of at least 4 members (excludes halogenated alkanes) is 1. The summed E-state index contributed by atoms with van der Waals surface area (Å²) in [6.45, 7) is 2.07. The molecule has 0 aromatic heterocycles. The lowest BCUT2D eigenvalue weighted by molar-refractivity contribution is -0.136. The molecule has 0 aliphatic carbocycles. The molecule has 0 aliphatic heterocycles. The van der Waals surface area contributed by atoms with Crippen molar-refractivity contribution in [1.82, 2.24) is 0 Å². The molecular formula is C20H23NO3. The maximum absolute atomic E-state index is 11.9. The Kier molecular flexibility index (Phi) is 6.55. The number of nitrogens with one attached hydrogen (secondary N) is 1. The number of rotatable bonds is 8. The van der Waals surface area contributed by atoms with E-state index in [9.17, 15) is 9.59 Å². The van der Waals surface area contributed by atoms with Crippen LogP contribution >= 0.6 is 0 Å². The van der Waals surface area contributed by atoms with Gasteiger partial charge in [-0.25, -0.2) is 0 Å². The molecule has 4 nitrogen and oxygen atoms in total. The van der Waals surface area contributed by atoms with Crippen LogP contribution in [0.5, 0.6) is 0 Å². The molecule has 0 aliphatic rings. The van der Waals surface area contributed by atoms with E-state index in [1.165, 1.54) is 11.1 Å². The minimum absolute atomic E-state index is 0.00671. The predicted octanol–water partition coefficient (Wildman–Crippen LogP) is 3.97. The molecule has 2 aromatic carbocycles. The van der Waals surface area contributed by atoms with Gasteiger partial charge in [-0.15, -0.1) is 0 Å². The Morgan fingerprint density at radius 1 is 0.917 bits per heavy atom. The minimum Gasteiger partial charge on any atom is -0.481 e. The van der Waals surface area contributed by atoms with Crippen LogP contribution in [-0.2, 0) is 22.4 Å². The van der Waals surface area contributed by atoms with Crippen LogP contribution in [0.25, 0.3) is 0 Å². The molecule has 4 heteroatoms. The first-order chi connectivity index (χ1) is 11.5. The van der Waals surface area contributed by atoms with Crippen LogP contribution in [0.2, 0.25) is 0 Å². The Morgan fingerprint density at radius 3 is 2.17 bits per heavy atom. The van der Waals surface area contributed by atoms with E-state index in [1.807, 2.05) is 0 Å². The number of aryl methyl sites for hydroxylation is 2. The summed E-state index contributed by atoms with van der Waals surface area (Å²) in [4.78, 5) is 22.6. The van der Waals surface area contributed by atoms with E-state index in [0.717, 1.165) is 24.8 Å².